The van der Waals surface area contributed by atoms with Gasteiger partial charge in [0.1, 0.15) is 18.3 Å². The second kappa shape index (κ2) is 16.7. The van der Waals surface area contributed by atoms with E-state index in [1.165, 1.54) is 18.9 Å². The fraction of sp³-hybridized carbons (Fsp3) is 0.732. The van der Waals surface area contributed by atoms with Gasteiger partial charge in [0, 0.05) is 23.9 Å². The Balaban J connectivity index is 1.66. The Morgan fingerprint density at radius 1 is 0.895 bits per heavy atom. The molecule has 1 aliphatic carbocycles. The Kier molecular flexibility index (Phi) is 13.3. The van der Waals surface area contributed by atoms with E-state index in [-0.39, 0.29) is 21.2 Å². The van der Waals surface area contributed by atoms with Gasteiger partial charge in [-0.1, -0.05) is 75.2 Å². The number of carbonyl (C=O) groups excluding carboxylic acids is 1. The van der Waals surface area contributed by atoms with E-state index in [4.69, 9.17) is 37.7 Å². The molecule has 3 aromatic rings. The molecule has 1 saturated heterocycles. The third-order valence-electron chi connectivity index (χ3n) is 13.1. The molecule has 16 heteroatoms. The topological polar surface area (TPSA) is 137 Å². The summed E-state index contributed by atoms with van der Waals surface area (Å²) in [5.74, 6) is 0.601. The van der Waals surface area contributed by atoms with E-state index in [0.29, 0.717) is 41.7 Å². The molecule has 0 unspecified atom stereocenters. The molecule has 318 valence electrons. The maximum Gasteiger partial charge on any atom is 0.330 e. The maximum absolute atomic E-state index is 12.0. The highest BCUT2D eigenvalue weighted by molar-refractivity contribution is 6.75. The molecule has 3 aromatic heterocycles. The predicted octanol–water partition coefficient (Wildman–Crippen LogP) is 9.64. The van der Waals surface area contributed by atoms with Crippen molar-refractivity contribution in [3.05, 3.63) is 30.4 Å². The molecule has 1 N–H and O–H groups in total. The number of nitrogens with one attached hydrogen (secondary N) is 1. The lowest BCUT2D eigenvalue weighted by Crippen LogP contribution is -2.54. The Labute approximate surface area is 344 Å². The standard InChI is InChI=1S/C41H71N7O6Si3/c1-17-50-31(49)23-22-28-24-43-48(25-28)38-45-35(44-29-20-18-19-21-29)32-36(46-38)47(27-42-32)37-34(54-57(15,16)41(8,9)10)33(53-56(13,14)40(5,6)7)30(52-37)26-51-55(11,12)39(2,3)4/h22-25,27,29-30,33-34,37H,17-21,26H2,1-16H3,(H,44,45,46)/t30-,33-,34-,37-/m1/s1. The zero-order chi connectivity index (χ0) is 42.4. The third-order valence-corrected chi connectivity index (χ3v) is 26.5. The monoisotopic (exact) mass is 841 g/mol. The minimum atomic E-state index is -2.40. The summed E-state index contributed by atoms with van der Waals surface area (Å²) in [6.07, 6.45) is 10.9. The fourth-order valence-electron chi connectivity index (χ4n) is 6.32. The van der Waals surface area contributed by atoms with E-state index in [0.717, 1.165) is 12.8 Å². The lowest BCUT2D eigenvalue weighted by Gasteiger charge is -2.44. The van der Waals surface area contributed by atoms with Crippen molar-refractivity contribution in [2.45, 2.75) is 180 Å². The van der Waals surface area contributed by atoms with Crippen molar-refractivity contribution < 1.29 is 27.5 Å². The van der Waals surface area contributed by atoms with Crippen LogP contribution in [0.4, 0.5) is 5.82 Å². The molecule has 2 aliphatic rings. The van der Waals surface area contributed by atoms with E-state index in [1.807, 2.05) is 10.9 Å². The smallest absolute Gasteiger partial charge is 0.330 e. The van der Waals surface area contributed by atoms with Crippen LogP contribution in [0.25, 0.3) is 23.2 Å². The average molecular weight is 842 g/mol. The second-order valence-corrected chi connectivity index (χ2v) is 34.8. The highest BCUT2D eigenvalue weighted by Crippen LogP contribution is 2.47. The molecule has 1 aliphatic heterocycles. The van der Waals surface area contributed by atoms with E-state index in [9.17, 15) is 4.79 Å². The highest BCUT2D eigenvalue weighted by Gasteiger charge is 2.55. The normalized spacial score (nSPS) is 22.0. The zero-order valence-electron chi connectivity index (χ0n) is 37.6. The van der Waals surface area contributed by atoms with Crippen molar-refractivity contribution in [3.63, 3.8) is 0 Å². The molecule has 4 heterocycles. The van der Waals surface area contributed by atoms with Crippen molar-refractivity contribution in [1.82, 2.24) is 29.3 Å². The fourth-order valence-corrected chi connectivity index (χ4v) is 9.94. The molecule has 13 nitrogen and oxygen atoms in total. The number of hydrogen-bond acceptors (Lipinski definition) is 11. The van der Waals surface area contributed by atoms with Gasteiger partial charge in [-0.05, 0) is 80.2 Å². The first-order valence-electron chi connectivity index (χ1n) is 20.8. The number of ether oxygens (including phenoxy) is 2. The molecule has 5 rings (SSSR count). The Hall–Kier alpha value is -2.74. The van der Waals surface area contributed by atoms with Crippen molar-refractivity contribution >= 4 is 54.0 Å². The van der Waals surface area contributed by atoms with Gasteiger partial charge in [0.25, 0.3) is 5.95 Å². The van der Waals surface area contributed by atoms with Crippen molar-refractivity contribution in [2.24, 2.45) is 0 Å². The summed E-state index contributed by atoms with van der Waals surface area (Å²) in [7, 11) is -6.91. The zero-order valence-corrected chi connectivity index (χ0v) is 40.6. The number of aromatic nitrogens is 6. The summed E-state index contributed by atoms with van der Waals surface area (Å²) in [5, 5.41) is 8.21. The van der Waals surface area contributed by atoms with Gasteiger partial charge >= 0.3 is 5.97 Å². The summed E-state index contributed by atoms with van der Waals surface area (Å²) in [6.45, 7) is 36.6. The van der Waals surface area contributed by atoms with Gasteiger partial charge in [0.15, 0.2) is 48.2 Å². The Morgan fingerprint density at radius 3 is 2.07 bits per heavy atom. The van der Waals surface area contributed by atoms with Crippen molar-refractivity contribution in [2.75, 3.05) is 18.5 Å². The lowest BCUT2D eigenvalue weighted by atomic mass is 10.1. The molecule has 0 amide bonds. The average Bonchev–Trinajstić information content (AvgIpc) is 3.89. The molecular weight excluding hydrogens is 771 g/mol. The van der Waals surface area contributed by atoms with Gasteiger partial charge in [-0.25, -0.2) is 14.5 Å². The van der Waals surface area contributed by atoms with Crippen LogP contribution in [0.1, 0.15) is 107 Å². The number of hydrogen-bond donors (Lipinski definition) is 1. The Morgan fingerprint density at radius 2 is 1.49 bits per heavy atom. The van der Waals surface area contributed by atoms with Crippen LogP contribution in [-0.4, -0.2) is 97.8 Å². The number of fused-ring (bicyclic) bond motifs is 1. The molecule has 0 spiro atoms. The van der Waals surface area contributed by atoms with Crippen LogP contribution in [0.2, 0.25) is 54.4 Å². The summed E-state index contributed by atoms with van der Waals surface area (Å²) >= 11 is 0. The van der Waals surface area contributed by atoms with Crippen LogP contribution >= 0.6 is 0 Å². The minimum Gasteiger partial charge on any atom is -0.463 e. The number of esters is 1. The minimum absolute atomic E-state index is 0.0232. The van der Waals surface area contributed by atoms with E-state index in [2.05, 4.69) is 112 Å². The van der Waals surface area contributed by atoms with Crippen LogP contribution in [-0.2, 0) is 27.5 Å². The van der Waals surface area contributed by atoms with Gasteiger partial charge in [-0.15, -0.1) is 0 Å². The van der Waals surface area contributed by atoms with E-state index >= 15 is 0 Å². The Bertz CT molecular complexity index is 1880. The first kappa shape index (κ1) is 45.3. The largest absolute Gasteiger partial charge is 0.463 e. The lowest BCUT2D eigenvalue weighted by molar-refractivity contribution is -0.137. The SMILES string of the molecule is CCOC(=O)C=Cc1cnn(-c2nc(NC3CCCC3)c3ncn([C@@H]4O[C@H](CO[Si](C)(C)C(C)(C)C)[C@@H](O[Si](C)(C)C(C)(C)C)[C@H]4O[Si](C)(C)C(C)(C)C)c3n2)c1. The number of rotatable bonds is 14. The molecule has 0 bridgehead atoms. The number of anilines is 1. The summed E-state index contributed by atoms with van der Waals surface area (Å²) < 4.78 is 37.7. The second-order valence-electron chi connectivity index (χ2n) is 20.4. The van der Waals surface area contributed by atoms with Crippen LogP contribution in [0, 0.1) is 0 Å². The van der Waals surface area contributed by atoms with Gasteiger partial charge in [0.05, 0.1) is 25.7 Å². The van der Waals surface area contributed by atoms with Crippen LogP contribution in [0.5, 0.6) is 0 Å². The summed E-state index contributed by atoms with van der Waals surface area (Å²) in [4.78, 5) is 27.2. The van der Waals surface area contributed by atoms with E-state index < -0.39 is 55.5 Å². The molecule has 0 aromatic carbocycles. The summed E-state index contributed by atoms with van der Waals surface area (Å²) in [6, 6.07) is 0.276. The van der Waals surface area contributed by atoms with Gasteiger partial charge in [-0.2, -0.15) is 15.1 Å². The van der Waals surface area contributed by atoms with Gasteiger partial charge in [0.2, 0.25) is 0 Å². The van der Waals surface area contributed by atoms with Crippen LogP contribution < -0.4 is 5.32 Å². The van der Waals surface area contributed by atoms with Crippen LogP contribution in [0.3, 0.4) is 0 Å². The van der Waals surface area contributed by atoms with Gasteiger partial charge < -0.3 is 28.1 Å². The number of nitrogens with zero attached hydrogens (tertiary/aromatic N) is 6. The quantitative estimate of drug-likeness (QED) is 0.0944. The van der Waals surface area contributed by atoms with Crippen molar-refractivity contribution in [3.8, 4) is 5.95 Å². The predicted molar refractivity (Wildman–Crippen MR) is 235 cm³/mol. The third kappa shape index (κ3) is 10.2. The molecule has 57 heavy (non-hydrogen) atoms. The van der Waals surface area contributed by atoms with Crippen molar-refractivity contribution in [1.29, 1.82) is 0 Å². The summed E-state index contributed by atoms with van der Waals surface area (Å²) in [5.41, 5.74) is 1.96. The molecule has 2 fully saturated rings. The molecule has 4 atom stereocenters. The first-order valence-corrected chi connectivity index (χ1v) is 29.5. The molecule has 0 radical (unpaired) electrons. The first-order chi connectivity index (χ1) is 26.2. The molecule has 1 saturated carbocycles. The number of carbonyl (C=O) groups is 1. The van der Waals surface area contributed by atoms with E-state index in [1.54, 1.807) is 30.1 Å². The van der Waals surface area contributed by atoms with Crippen LogP contribution in [0.15, 0.2) is 24.8 Å². The maximum atomic E-state index is 12.0. The molecular formula is C41H71N7O6Si3. The number of imidazole rings is 1. The van der Waals surface area contributed by atoms with Gasteiger partial charge in [-0.3, -0.25) is 4.57 Å². The highest BCUT2D eigenvalue weighted by atomic mass is 28.4.